The number of nitrogens with two attached hydrogens (primary N) is 1. The zero-order chi connectivity index (χ0) is 60.9. The molecule has 0 heterocycles. The van der Waals surface area contributed by atoms with Gasteiger partial charge in [0.2, 0.25) is 6.08 Å². The van der Waals surface area contributed by atoms with E-state index in [9.17, 15) is 24.0 Å². The van der Waals surface area contributed by atoms with Gasteiger partial charge in [0.05, 0.1) is 33.0 Å². The van der Waals surface area contributed by atoms with Crippen molar-refractivity contribution >= 4 is 30.5 Å². The van der Waals surface area contributed by atoms with Crippen LogP contribution in [0.4, 0.5) is 19.2 Å². The molecule has 0 bridgehead atoms. The Kier molecular flexibility index (Phi) is 31.2. The largest absolute Gasteiger partial charge is 0.444 e. The van der Waals surface area contributed by atoms with Crippen LogP contribution in [0.3, 0.4) is 0 Å². The number of nitrogens with zero attached hydrogens (tertiary/aromatic N) is 1. The van der Waals surface area contributed by atoms with Crippen LogP contribution in [-0.2, 0) is 47.4 Å². The fourth-order valence-corrected chi connectivity index (χ4v) is 13.4. The van der Waals surface area contributed by atoms with Crippen LogP contribution in [0.15, 0.2) is 4.99 Å². The summed E-state index contributed by atoms with van der Waals surface area (Å²) in [5.41, 5.74) is 4.24. The lowest BCUT2D eigenvalue weighted by Crippen LogP contribution is -2.51. The SMILES string of the molecule is CC(COCCCCCCCOCC(C)OC(=O)NC1CC(C)(C)CC(C)(CN=C=O)C1)OC(=O)NCC1(C)CC(NC(=O)OC(C)COCCCCCCCOCC(C)OC(=O)NC2CC(C)(C)CC(C)(OC#CN)C2)CC(C)(C)C1. The van der Waals surface area contributed by atoms with E-state index in [4.69, 9.17) is 48.4 Å². The van der Waals surface area contributed by atoms with Gasteiger partial charge >= 0.3 is 24.4 Å². The molecule has 0 aromatic rings. The zero-order valence-corrected chi connectivity index (χ0v) is 52.8. The molecule has 3 aliphatic carbocycles. The van der Waals surface area contributed by atoms with Crippen molar-refractivity contribution in [2.75, 3.05) is 65.9 Å². The number of aliphatic imine (C=N–C) groups is 1. The molecular formula is C62H110N6O14. The van der Waals surface area contributed by atoms with Gasteiger partial charge in [-0.25, -0.2) is 29.0 Å². The maximum Gasteiger partial charge on any atom is 0.407 e. The van der Waals surface area contributed by atoms with Gasteiger partial charge in [0, 0.05) is 63.6 Å². The van der Waals surface area contributed by atoms with Gasteiger partial charge in [-0.15, -0.1) is 0 Å². The zero-order valence-electron chi connectivity index (χ0n) is 52.8. The highest BCUT2D eigenvalue weighted by molar-refractivity contribution is 5.69. The summed E-state index contributed by atoms with van der Waals surface area (Å²) >= 11 is 0. The molecule has 472 valence electrons. The van der Waals surface area contributed by atoms with Gasteiger partial charge in [-0.2, -0.15) is 0 Å². The minimum absolute atomic E-state index is 0.00300. The number of nitrogens with one attached hydrogen (secondary N) is 4. The Labute approximate surface area is 492 Å². The third-order valence-corrected chi connectivity index (χ3v) is 15.5. The molecule has 0 aromatic carbocycles. The number of rotatable bonds is 36. The van der Waals surface area contributed by atoms with E-state index in [2.05, 4.69) is 93.8 Å². The van der Waals surface area contributed by atoms with Crippen molar-refractivity contribution in [2.45, 2.75) is 260 Å². The fraction of sp³-hybridized carbons (Fsp3) is 0.887. The second-order valence-corrected chi connectivity index (χ2v) is 27.7. The summed E-state index contributed by atoms with van der Waals surface area (Å²) in [5.74, 6) is 0. The van der Waals surface area contributed by atoms with Crippen molar-refractivity contribution < 1.29 is 66.6 Å². The predicted octanol–water partition coefficient (Wildman–Crippen LogP) is 11.1. The molecule has 20 heteroatoms. The van der Waals surface area contributed by atoms with Gasteiger partial charge in [-0.05, 0) is 139 Å². The average Bonchev–Trinajstić information content (AvgIpc) is 3.17. The molecule has 0 saturated heterocycles. The summed E-state index contributed by atoms with van der Waals surface area (Å²) < 4.78 is 51.4. The molecule has 0 aliphatic heterocycles. The van der Waals surface area contributed by atoms with Gasteiger partial charge in [0.25, 0.3) is 0 Å². The third kappa shape index (κ3) is 31.4. The molecule has 10 unspecified atom stereocenters. The van der Waals surface area contributed by atoms with E-state index in [-0.39, 0.29) is 57.4 Å². The number of carbonyl (C=O) groups is 4. The maximum atomic E-state index is 13.0. The number of amides is 4. The van der Waals surface area contributed by atoms with Gasteiger partial charge in [0.15, 0.2) is 0 Å². The molecule has 3 saturated carbocycles. The Morgan fingerprint density at radius 3 is 1.22 bits per heavy atom. The van der Waals surface area contributed by atoms with Crippen molar-refractivity contribution in [1.29, 1.82) is 0 Å². The molecule has 0 spiro atoms. The summed E-state index contributed by atoms with van der Waals surface area (Å²) in [6, 6.07) is 2.02. The molecule has 4 amide bonds. The molecule has 82 heavy (non-hydrogen) atoms. The van der Waals surface area contributed by atoms with Crippen LogP contribution in [0, 0.1) is 39.2 Å². The Morgan fingerprint density at radius 2 is 0.829 bits per heavy atom. The highest BCUT2D eigenvalue weighted by Gasteiger charge is 2.45. The Balaban J connectivity index is 1.15. The minimum Gasteiger partial charge on any atom is -0.444 e. The molecule has 20 nitrogen and oxygen atoms in total. The first-order chi connectivity index (χ1) is 38.5. The molecule has 10 atom stereocenters. The lowest BCUT2D eigenvalue weighted by Gasteiger charge is -2.46. The number of carbonyl (C=O) groups excluding carboxylic acids is 5. The topological polar surface area (TPSA) is 255 Å². The Hall–Kier alpha value is -4.54. The standard InChI is InChI=1S/C62H110N6O14/c1-46(36-74-25-20-16-14-17-21-26-75-37-47(2)80-54(71)66-50-30-57(5,6)40-60(11,33-50)43-64-45-69)79-53(70)65-44-61(12)34-51(31-58(7,8)41-61)67-55(72)81-48(3)38-76-27-22-18-15-19-23-28-77-39-49(4)82-56(73)68-52-32-59(9,10)42-62(13,35-52)78-29-24-63/h46-52H,14-23,25-28,30-44,63H2,1-13H3,(H,65,70)(H,66,71)(H,67,72)(H,68,73). The highest BCUT2D eigenvalue weighted by atomic mass is 16.6. The first-order valence-electron chi connectivity index (χ1n) is 30.6. The smallest absolute Gasteiger partial charge is 0.407 e. The van der Waals surface area contributed by atoms with Crippen LogP contribution < -0.4 is 27.0 Å². The van der Waals surface area contributed by atoms with Crippen LogP contribution in [0.2, 0.25) is 0 Å². The van der Waals surface area contributed by atoms with Crippen molar-refractivity contribution in [2.24, 2.45) is 37.8 Å². The maximum absolute atomic E-state index is 13.0. The second kappa shape index (κ2) is 35.7. The molecular weight excluding hydrogens is 1050 g/mol. The van der Waals surface area contributed by atoms with Crippen LogP contribution in [0.5, 0.6) is 0 Å². The van der Waals surface area contributed by atoms with E-state index < -0.39 is 42.2 Å². The fourth-order valence-electron chi connectivity index (χ4n) is 13.4. The van der Waals surface area contributed by atoms with Crippen LogP contribution in [0.1, 0.15) is 212 Å². The van der Waals surface area contributed by atoms with E-state index >= 15 is 0 Å². The van der Waals surface area contributed by atoms with E-state index in [1.807, 2.05) is 34.6 Å². The van der Waals surface area contributed by atoms with Crippen molar-refractivity contribution in [3.8, 4) is 12.2 Å². The molecule has 3 fully saturated rings. The second-order valence-electron chi connectivity index (χ2n) is 27.7. The van der Waals surface area contributed by atoms with Gasteiger partial charge in [-0.1, -0.05) is 93.9 Å². The van der Waals surface area contributed by atoms with Crippen molar-refractivity contribution in [3.63, 3.8) is 0 Å². The molecule has 0 aromatic heterocycles. The van der Waals surface area contributed by atoms with Crippen LogP contribution >= 0.6 is 0 Å². The highest BCUT2D eigenvalue weighted by Crippen LogP contribution is 2.47. The lowest BCUT2D eigenvalue weighted by molar-refractivity contribution is -0.0379. The summed E-state index contributed by atoms with van der Waals surface area (Å²) in [7, 11) is 0. The number of ether oxygens (including phenoxy) is 9. The monoisotopic (exact) mass is 1160 g/mol. The van der Waals surface area contributed by atoms with Gasteiger partial charge in [0.1, 0.15) is 36.1 Å². The first-order valence-corrected chi connectivity index (χ1v) is 30.6. The molecule has 3 rings (SSSR count). The van der Waals surface area contributed by atoms with E-state index in [0.717, 1.165) is 109 Å². The number of hydrogen-bond acceptors (Lipinski definition) is 16. The predicted molar refractivity (Wildman–Crippen MR) is 316 cm³/mol. The number of hydrogen-bond donors (Lipinski definition) is 5. The molecule has 0 radical (unpaired) electrons. The van der Waals surface area contributed by atoms with Crippen LogP contribution in [-0.4, -0.2) is 145 Å². The van der Waals surface area contributed by atoms with Gasteiger partial charge < -0.3 is 69.6 Å². The van der Waals surface area contributed by atoms with Crippen molar-refractivity contribution in [1.82, 2.24) is 21.3 Å². The normalized spacial score (nSPS) is 25.9. The molecule has 6 N–H and O–H groups in total. The number of alkyl carbamates (subject to hydrolysis) is 4. The lowest BCUT2D eigenvalue weighted by atomic mass is 9.62. The summed E-state index contributed by atoms with van der Waals surface area (Å²) in [5, 5.41) is 12.1. The third-order valence-electron chi connectivity index (χ3n) is 15.5. The Bertz CT molecular complexity index is 2030. The van der Waals surface area contributed by atoms with Crippen molar-refractivity contribution in [3.05, 3.63) is 0 Å². The Morgan fingerprint density at radius 1 is 0.488 bits per heavy atom. The van der Waals surface area contributed by atoms with E-state index in [1.165, 1.54) is 0 Å². The van der Waals surface area contributed by atoms with E-state index in [1.54, 1.807) is 6.08 Å². The quantitative estimate of drug-likeness (QED) is 0.00976. The summed E-state index contributed by atoms with van der Waals surface area (Å²) in [6.45, 7) is 31.0. The molecule has 3 aliphatic rings. The summed E-state index contributed by atoms with van der Waals surface area (Å²) in [4.78, 5) is 65.7. The van der Waals surface area contributed by atoms with Crippen LogP contribution in [0.25, 0.3) is 0 Å². The number of unbranched alkanes of at least 4 members (excludes halogenated alkanes) is 8. The first kappa shape index (κ1) is 71.7. The number of isocyanates is 1. The van der Waals surface area contributed by atoms with Gasteiger partial charge in [-0.3, -0.25) is 0 Å². The average molecular weight is 1160 g/mol. The minimum atomic E-state index is -0.509. The van der Waals surface area contributed by atoms with E-state index in [0.29, 0.717) is 78.8 Å². The summed E-state index contributed by atoms with van der Waals surface area (Å²) in [6.07, 6.45) is 17.6.